The Bertz CT molecular complexity index is 360. The van der Waals surface area contributed by atoms with E-state index in [-0.39, 0.29) is 5.82 Å². The molecule has 3 heteroatoms. The highest BCUT2D eigenvalue weighted by atomic mass is 32.2. The highest BCUT2D eigenvalue weighted by molar-refractivity contribution is 8.00. The summed E-state index contributed by atoms with van der Waals surface area (Å²) in [6, 6.07) is 7.36. The quantitative estimate of drug-likeness (QED) is 0.787. The van der Waals surface area contributed by atoms with Crippen LogP contribution in [0.15, 0.2) is 24.3 Å². The molecule has 1 heterocycles. The minimum Gasteiger partial charge on any atom is -0.309 e. The SMILES string of the molecule is CCCCC(NCC1CCCS1)c1ccc(F)cc1. The smallest absolute Gasteiger partial charge is 0.123 e. The average Bonchev–Trinajstić information content (AvgIpc) is 2.93. The molecule has 2 rings (SSSR count). The van der Waals surface area contributed by atoms with Crippen LogP contribution in [0, 0.1) is 5.82 Å². The Balaban J connectivity index is 1.91. The molecule has 0 bridgehead atoms. The fraction of sp³-hybridized carbons (Fsp3) is 0.625. The molecule has 0 amide bonds. The van der Waals surface area contributed by atoms with Crippen LogP contribution in [0.5, 0.6) is 0 Å². The second-order valence-electron chi connectivity index (χ2n) is 5.29. The molecule has 0 aromatic heterocycles. The topological polar surface area (TPSA) is 12.0 Å². The zero-order chi connectivity index (χ0) is 13.5. The van der Waals surface area contributed by atoms with E-state index in [1.54, 1.807) is 12.1 Å². The second-order valence-corrected chi connectivity index (χ2v) is 6.70. The molecule has 1 N–H and O–H groups in total. The van der Waals surface area contributed by atoms with Crippen molar-refractivity contribution in [3.8, 4) is 0 Å². The lowest BCUT2D eigenvalue weighted by molar-refractivity contribution is 0.476. The molecular formula is C16H24FNS. The monoisotopic (exact) mass is 281 g/mol. The van der Waals surface area contributed by atoms with Crippen LogP contribution >= 0.6 is 11.8 Å². The molecule has 2 unspecified atom stereocenters. The Kier molecular flexibility index (Phi) is 6.18. The van der Waals surface area contributed by atoms with Gasteiger partial charge in [0.15, 0.2) is 0 Å². The third kappa shape index (κ3) is 4.81. The van der Waals surface area contributed by atoms with Crippen molar-refractivity contribution in [3.05, 3.63) is 35.6 Å². The molecule has 0 aliphatic carbocycles. The van der Waals surface area contributed by atoms with Gasteiger partial charge in [0.2, 0.25) is 0 Å². The highest BCUT2D eigenvalue weighted by Gasteiger charge is 2.18. The van der Waals surface area contributed by atoms with Gasteiger partial charge in [-0.1, -0.05) is 31.9 Å². The number of halogens is 1. The minimum absolute atomic E-state index is 0.149. The van der Waals surface area contributed by atoms with E-state index in [1.807, 2.05) is 12.1 Å². The fourth-order valence-corrected chi connectivity index (χ4v) is 3.78. The molecule has 1 aliphatic rings. The van der Waals surface area contributed by atoms with Crippen LogP contribution in [0.2, 0.25) is 0 Å². The summed E-state index contributed by atoms with van der Waals surface area (Å²) in [4.78, 5) is 0. The average molecular weight is 281 g/mol. The highest BCUT2D eigenvalue weighted by Crippen LogP contribution is 2.27. The lowest BCUT2D eigenvalue weighted by Gasteiger charge is -2.21. The van der Waals surface area contributed by atoms with Crippen molar-refractivity contribution in [1.29, 1.82) is 0 Å². The van der Waals surface area contributed by atoms with Crippen molar-refractivity contribution in [2.45, 2.75) is 50.3 Å². The zero-order valence-electron chi connectivity index (χ0n) is 11.7. The van der Waals surface area contributed by atoms with E-state index < -0.39 is 0 Å². The summed E-state index contributed by atoms with van der Waals surface area (Å²) in [5.41, 5.74) is 1.22. The maximum absolute atomic E-state index is 13.0. The van der Waals surface area contributed by atoms with Crippen molar-refractivity contribution in [2.24, 2.45) is 0 Å². The van der Waals surface area contributed by atoms with Crippen LogP contribution in [0.25, 0.3) is 0 Å². The van der Waals surface area contributed by atoms with E-state index in [0.29, 0.717) is 6.04 Å². The lowest BCUT2D eigenvalue weighted by Crippen LogP contribution is -2.28. The molecule has 0 radical (unpaired) electrons. The zero-order valence-corrected chi connectivity index (χ0v) is 12.5. The largest absolute Gasteiger partial charge is 0.309 e. The van der Waals surface area contributed by atoms with Crippen LogP contribution in [-0.4, -0.2) is 17.5 Å². The number of rotatable bonds is 7. The molecule has 1 aliphatic heterocycles. The first-order valence-corrected chi connectivity index (χ1v) is 8.45. The third-order valence-corrected chi connectivity index (χ3v) is 5.13. The summed E-state index contributed by atoms with van der Waals surface area (Å²) < 4.78 is 13.0. The number of benzene rings is 1. The molecule has 1 nitrogen and oxygen atoms in total. The van der Waals surface area contributed by atoms with Crippen LogP contribution in [-0.2, 0) is 0 Å². The summed E-state index contributed by atoms with van der Waals surface area (Å²) in [6.07, 6.45) is 6.25. The molecule has 19 heavy (non-hydrogen) atoms. The summed E-state index contributed by atoms with van der Waals surface area (Å²) >= 11 is 2.08. The van der Waals surface area contributed by atoms with Gasteiger partial charge in [0.05, 0.1) is 0 Å². The van der Waals surface area contributed by atoms with E-state index in [4.69, 9.17) is 0 Å². The van der Waals surface area contributed by atoms with Crippen molar-refractivity contribution < 1.29 is 4.39 Å². The summed E-state index contributed by atoms with van der Waals surface area (Å²) in [5.74, 6) is 1.16. The summed E-state index contributed by atoms with van der Waals surface area (Å²) in [7, 11) is 0. The van der Waals surface area contributed by atoms with Crippen molar-refractivity contribution in [1.82, 2.24) is 5.32 Å². The maximum Gasteiger partial charge on any atom is 0.123 e. The van der Waals surface area contributed by atoms with Gasteiger partial charge in [0.1, 0.15) is 5.82 Å². The van der Waals surface area contributed by atoms with Gasteiger partial charge in [-0.2, -0.15) is 11.8 Å². The Morgan fingerprint density at radius 3 is 2.79 bits per heavy atom. The number of thioether (sulfide) groups is 1. The molecule has 106 valence electrons. The van der Waals surface area contributed by atoms with Gasteiger partial charge in [-0.05, 0) is 42.7 Å². The molecule has 0 saturated carbocycles. The fourth-order valence-electron chi connectivity index (χ4n) is 2.57. The molecule has 1 aromatic carbocycles. The molecule has 2 atom stereocenters. The first-order chi connectivity index (χ1) is 9.29. The van der Waals surface area contributed by atoms with Gasteiger partial charge in [-0.15, -0.1) is 0 Å². The van der Waals surface area contributed by atoms with Gasteiger partial charge in [0.25, 0.3) is 0 Å². The lowest BCUT2D eigenvalue weighted by atomic mass is 10.0. The number of unbranched alkanes of at least 4 members (excludes halogenated alkanes) is 1. The minimum atomic E-state index is -0.149. The van der Waals surface area contributed by atoms with Gasteiger partial charge in [0, 0.05) is 17.8 Å². The number of nitrogens with one attached hydrogen (secondary N) is 1. The van der Waals surface area contributed by atoms with Gasteiger partial charge in [-0.25, -0.2) is 4.39 Å². The summed E-state index contributed by atoms with van der Waals surface area (Å²) in [6.45, 7) is 3.30. The van der Waals surface area contributed by atoms with Crippen LogP contribution < -0.4 is 5.32 Å². The summed E-state index contributed by atoms with van der Waals surface area (Å²) in [5, 5.41) is 4.46. The van der Waals surface area contributed by atoms with Crippen LogP contribution in [0.1, 0.15) is 50.6 Å². The number of hydrogen-bond acceptors (Lipinski definition) is 2. The molecule has 0 spiro atoms. The van der Waals surface area contributed by atoms with Gasteiger partial charge >= 0.3 is 0 Å². The predicted octanol–water partition coefficient (Wildman–Crippen LogP) is 4.54. The molecule has 1 saturated heterocycles. The van der Waals surface area contributed by atoms with E-state index >= 15 is 0 Å². The van der Waals surface area contributed by atoms with Gasteiger partial charge in [-0.3, -0.25) is 0 Å². The van der Waals surface area contributed by atoms with Crippen molar-refractivity contribution in [2.75, 3.05) is 12.3 Å². The van der Waals surface area contributed by atoms with E-state index in [2.05, 4.69) is 24.0 Å². The van der Waals surface area contributed by atoms with E-state index in [1.165, 1.54) is 37.0 Å². The first-order valence-electron chi connectivity index (χ1n) is 7.40. The standard InChI is InChI=1S/C16H24FNS/c1-2-3-6-16(13-7-9-14(17)10-8-13)18-12-15-5-4-11-19-15/h7-10,15-16,18H,2-6,11-12H2,1H3. The van der Waals surface area contributed by atoms with Crippen LogP contribution in [0.4, 0.5) is 4.39 Å². The Morgan fingerprint density at radius 1 is 1.37 bits per heavy atom. The molecular weight excluding hydrogens is 257 g/mol. The normalized spacial score (nSPS) is 20.6. The Hall–Kier alpha value is -0.540. The third-order valence-electron chi connectivity index (χ3n) is 3.73. The van der Waals surface area contributed by atoms with Crippen molar-refractivity contribution >= 4 is 11.8 Å². The molecule has 1 fully saturated rings. The maximum atomic E-state index is 13.0. The van der Waals surface area contributed by atoms with E-state index in [9.17, 15) is 4.39 Å². The van der Waals surface area contributed by atoms with Crippen LogP contribution in [0.3, 0.4) is 0 Å². The van der Waals surface area contributed by atoms with E-state index in [0.717, 1.165) is 18.2 Å². The first kappa shape index (κ1) is 14.9. The van der Waals surface area contributed by atoms with Crippen molar-refractivity contribution in [3.63, 3.8) is 0 Å². The Morgan fingerprint density at radius 2 is 2.16 bits per heavy atom. The Labute approximate surface area is 120 Å². The van der Waals surface area contributed by atoms with Gasteiger partial charge < -0.3 is 5.32 Å². The predicted molar refractivity (Wildman–Crippen MR) is 82.1 cm³/mol. The second kappa shape index (κ2) is 7.91. The number of hydrogen-bond donors (Lipinski definition) is 1. The molecule has 1 aromatic rings.